The number of ketones is 1. The fourth-order valence-corrected chi connectivity index (χ4v) is 2.90. The molecule has 1 aromatic carbocycles. The average molecular weight is 299 g/mol. The lowest BCUT2D eigenvalue weighted by Gasteiger charge is -2.38. The predicted octanol–water partition coefficient (Wildman–Crippen LogP) is 1.23. The van der Waals surface area contributed by atoms with E-state index >= 15 is 0 Å². The summed E-state index contributed by atoms with van der Waals surface area (Å²) in [5.74, 6) is -1.82. The number of esters is 1. The fraction of sp³-hybridized carbons (Fsp3) is 0.294. The highest BCUT2D eigenvalue weighted by Crippen LogP contribution is 2.44. The summed E-state index contributed by atoms with van der Waals surface area (Å²) < 4.78 is 10.5. The molecule has 0 aromatic heterocycles. The predicted molar refractivity (Wildman–Crippen MR) is 76.7 cm³/mol. The first-order valence-corrected chi connectivity index (χ1v) is 6.87. The van der Waals surface area contributed by atoms with E-state index in [1.807, 2.05) is 0 Å². The molecular formula is C17H15O5-. The minimum Gasteiger partial charge on any atom is -0.872 e. The topological polar surface area (TPSA) is 75.7 Å². The molecule has 1 heterocycles. The van der Waals surface area contributed by atoms with Gasteiger partial charge in [0.15, 0.2) is 5.60 Å². The van der Waals surface area contributed by atoms with E-state index in [-0.39, 0.29) is 16.7 Å². The zero-order chi connectivity index (χ0) is 16.1. The molecule has 1 aliphatic heterocycles. The Morgan fingerprint density at radius 3 is 2.36 bits per heavy atom. The van der Waals surface area contributed by atoms with Gasteiger partial charge in [-0.3, -0.25) is 4.79 Å². The molecule has 2 aliphatic rings. The van der Waals surface area contributed by atoms with Gasteiger partial charge >= 0.3 is 5.97 Å². The molecule has 1 aliphatic carbocycles. The van der Waals surface area contributed by atoms with Crippen LogP contribution in [0.15, 0.2) is 42.0 Å². The van der Waals surface area contributed by atoms with Gasteiger partial charge in [0.05, 0.1) is 18.3 Å². The monoisotopic (exact) mass is 299 g/mol. The van der Waals surface area contributed by atoms with Gasteiger partial charge in [0, 0.05) is 5.56 Å². The number of carbonyl (C=O) groups excluding carboxylic acids is 2. The van der Waals surface area contributed by atoms with E-state index in [0.29, 0.717) is 0 Å². The molecule has 0 bridgehead atoms. The lowest BCUT2D eigenvalue weighted by Crippen LogP contribution is -2.49. The van der Waals surface area contributed by atoms with Crippen LogP contribution in [0.3, 0.4) is 0 Å². The number of rotatable bonds is 1. The SMILES string of the molecule is COC(=O)C1=C([O-])c2ccccc2C(=O)C12C=CC(C)(C)O2. The number of methoxy groups -OCH3 is 1. The second-order valence-electron chi connectivity index (χ2n) is 5.84. The van der Waals surface area contributed by atoms with Gasteiger partial charge in [-0.2, -0.15) is 0 Å². The van der Waals surface area contributed by atoms with E-state index < -0.39 is 28.7 Å². The van der Waals surface area contributed by atoms with E-state index in [2.05, 4.69) is 0 Å². The van der Waals surface area contributed by atoms with Crippen molar-refractivity contribution in [2.45, 2.75) is 25.0 Å². The molecule has 1 unspecified atom stereocenters. The maximum Gasteiger partial charge on any atom is 0.336 e. The molecule has 5 nitrogen and oxygen atoms in total. The third kappa shape index (κ3) is 1.82. The lowest BCUT2D eigenvalue weighted by molar-refractivity contribution is -0.247. The number of carbonyl (C=O) groups is 2. The maximum absolute atomic E-state index is 12.9. The minimum absolute atomic E-state index is 0.195. The highest BCUT2D eigenvalue weighted by Gasteiger charge is 2.54. The van der Waals surface area contributed by atoms with E-state index in [4.69, 9.17) is 9.47 Å². The molecule has 1 atom stereocenters. The Hall–Kier alpha value is -2.40. The van der Waals surface area contributed by atoms with Crippen molar-refractivity contribution in [2.75, 3.05) is 7.11 Å². The molecular weight excluding hydrogens is 284 g/mol. The minimum atomic E-state index is -1.71. The smallest absolute Gasteiger partial charge is 0.336 e. The maximum atomic E-state index is 12.9. The van der Waals surface area contributed by atoms with Crippen molar-refractivity contribution in [3.05, 3.63) is 53.1 Å². The van der Waals surface area contributed by atoms with Crippen molar-refractivity contribution in [3.63, 3.8) is 0 Å². The van der Waals surface area contributed by atoms with Gasteiger partial charge in [-0.25, -0.2) is 4.79 Å². The van der Waals surface area contributed by atoms with E-state index in [9.17, 15) is 14.7 Å². The van der Waals surface area contributed by atoms with Gasteiger partial charge in [-0.1, -0.05) is 36.1 Å². The Bertz CT molecular complexity index is 741. The molecule has 1 spiro atoms. The van der Waals surface area contributed by atoms with Crippen LogP contribution >= 0.6 is 0 Å². The Kier molecular flexibility index (Phi) is 3.00. The molecule has 3 rings (SSSR count). The second kappa shape index (κ2) is 4.55. The fourth-order valence-electron chi connectivity index (χ4n) is 2.90. The highest BCUT2D eigenvalue weighted by molar-refractivity contribution is 6.19. The van der Waals surface area contributed by atoms with Crippen LogP contribution in [0, 0.1) is 0 Å². The summed E-state index contributed by atoms with van der Waals surface area (Å²) in [4.78, 5) is 25.1. The third-order valence-electron chi connectivity index (χ3n) is 3.89. The summed E-state index contributed by atoms with van der Waals surface area (Å²) in [5.41, 5.74) is -2.31. The first kappa shape index (κ1) is 14.5. The largest absolute Gasteiger partial charge is 0.872 e. The van der Waals surface area contributed by atoms with Gasteiger partial charge < -0.3 is 14.6 Å². The Balaban J connectivity index is 2.31. The summed E-state index contributed by atoms with van der Waals surface area (Å²) in [5, 5.41) is 12.7. The molecule has 0 fully saturated rings. The molecule has 1 aromatic rings. The van der Waals surface area contributed by atoms with Crippen LogP contribution in [0.25, 0.3) is 5.76 Å². The number of fused-ring (bicyclic) bond motifs is 1. The zero-order valence-electron chi connectivity index (χ0n) is 12.5. The van der Waals surface area contributed by atoms with Crippen molar-refractivity contribution in [2.24, 2.45) is 0 Å². The Labute approximate surface area is 127 Å². The molecule has 114 valence electrons. The normalized spacial score (nSPS) is 25.5. The standard InChI is InChI=1S/C17H16O5/c1-16(2)8-9-17(22-16)12(15(20)21-3)13(18)10-6-4-5-7-11(10)14(17)19/h4-9,18H,1-3H3/p-1. The van der Waals surface area contributed by atoms with Gasteiger partial charge in [-0.05, 0) is 25.5 Å². The van der Waals surface area contributed by atoms with Crippen LogP contribution in [-0.2, 0) is 14.3 Å². The first-order chi connectivity index (χ1) is 10.3. The molecule has 0 amide bonds. The quantitative estimate of drug-likeness (QED) is 0.576. The first-order valence-electron chi connectivity index (χ1n) is 6.87. The Morgan fingerprint density at radius 1 is 1.18 bits per heavy atom. The van der Waals surface area contributed by atoms with Crippen molar-refractivity contribution in [1.29, 1.82) is 0 Å². The summed E-state index contributed by atoms with van der Waals surface area (Å²) in [7, 11) is 1.17. The summed E-state index contributed by atoms with van der Waals surface area (Å²) in [6.45, 7) is 3.51. The Morgan fingerprint density at radius 2 is 1.82 bits per heavy atom. The van der Waals surface area contributed by atoms with Crippen molar-refractivity contribution in [3.8, 4) is 0 Å². The number of benzene rings is 1. The van der Waals surface area contributed by atoms with Crippen LogP contribution < -0.4 is 5.11 Å². The van der Waals surface area contributed by atoms with Gasteiger partial charge in [-0.15, -0.1) is 0 Å². The van der Waals surface area contributed by atoms with E-state index in [1.165, 1.54) is 19.3 Å². The van der Waals surface area contributed by atoms with Crippen molar-refractivity contribution in [1.82, 2.24) is 0 Å². The molecule has 0 radical (unpaired) electrons. The molecule has 0 saturated carbocycles. The van der Waals surface area contributed by atoms with Gasteiger partial charge in [0.2, 0.25) is 5.78 Å². The number of ether oxygens (including phenoxy) is 2. The van der Waals surface area contributed by atoms with Gasteiger partial charge in [0.25, 0.3) is 0 Å². The third-order valence-corrected chi connectivity index (χ3v) is 3.89. The molecule has 0 N–H and O–H groups in total. The lowest BCUT2D eigenvalue weighted by atomic mass is 9.77. The van der Waals surface area contributed by atoms with Crippen molar-refractivity contribution < 1.29 is 24.2 Å². The summed E-state index contributed by atoms with van der Waals surface area (Å²) in [6.07, 6.45) is 3.16. The number of hydrogen-bond acceptors (Lipinski definition) is 5. The van der Waals surface area contributed by atoms with Crippen LogP contribution in [0.5, 0.6) is 0 Å². The summed E-state index contributed by atoms with van der Waals surface area (Å²) >= 11 is 0. The zero-order valence-corrected chi connectivity index (χ0v) is 12.5. The van der Waals surface area contributed by atoms with Crippen LogP contribution in [0.1, 0.15) is 29.8 Å². The number of hydrogen-bond donors (Lipinski definition) is 0. The molecule has 22 heavy (non-hydrogen) atoms. The van der Waals surface area contributed by atoms with Crippen LogP contribution in [0.2, 0.25) is 0 Å². The van der Waals surface area contributed by atoms with E-state index in [0.717, 1.165) is 0 Å². The average Bonchev–Trinajstić information content (AvgIpc) is 2.82. The number of Topliss-reactive ketones (excluding diaryl/α,β-unsaturated/α-hetero) is 1. The van der Waals surface area contributed by atoms with Crippen LogP contribution in [0.4, 0.5) is 0 Å². The van der Waals surface area contributed by atoms with Gasteiger partial charge in [0.1, 0.15) is 0 Å². The van der Waals surface area contributed by atoms with Crippen molar-refractivity contribution >= 4 is 17.5 Å². The molecule has 0 saturated heterocycles. The highest BCUT2D eigenvalue weighted by atomic mass is 16.5. The summed E-state index contributed by atoms with van der Waals surface area (Å²) in [6, 6.07) is 6.40. The van der Waals surface area contributed by atoms with E-state index in [1.54, 1.807) is 38.1 Å². The second-order valence-corrected chi connectivity index (χ2v) is 5.84. The van der Waals surface area contributed by atoms with Crippen LogP contribution in [-0.4, -0.2) is 30.1 Å². The molecule has 5 heteroatoms.